The van der Waals surface area contributed by atoms with E-state index in [4.69, 9.17) is 4.74 Å². The molecule has 3 N–H and O–H groups in total. The van der Waals surface area contributed by atoms with Crippen molar-refractivity contribution in [1.29, 1.82) is 0 Å². The van der Waals surface area contributed by atoms with Crippen LogP contribution in [-0.4, -0.2) is 41.8 Å². The molecule has 2 amide bonds. The Bertz CT molecular complexity index is 1030. The van der Waals surface area contributed by atoms with Gasteiger partial charge in [-0.3, -0.25) is 9.59 Å². The molecule has 1 saturated carbocycles. The van der Waals surface area contributed by atoms with E-state index in [-0.39, 0.29) is 31.4 Å². The summed E-state index contributed by atoms with van der Waals surface area (Å²) in [5.74, 6) is -1.24. The Morgan fingerprint density at radius 2 is 1.64 bits per heavy atom. The number of carbonyl (C=O) groups is 3. The van der Waals surface area contributed by atoms with Crippen molar-refractivity contribution in [2.45, 2.75) is 51.0 Å². The molecule has 0 aliphatic heterocycles. The lowest BCUT2D eigenvalue weighted by atomic mass is 9.87. The molecular weight excluding hydrogens is 420 g/mol. The van der Waals surface area contributed by atoms with Gasteiger partial charge in [0.15, 0.2) is 0 Å². The second kappa shape index (κ2) is 8.89. The molecule has 0 radical (unpaired) electrons. The molecule has 4 rings (SSSR count). The second-order valence-corrected chi connectivity index (χ2v) is 9.40. The molecule has 2 aromatic carbocycles. The van der Waals surface area contributed by atoms with Crippen LogP contribution < -0.4 is 10.6 Å². The summed E-state index contributed by atoms with van der Waals surface area (Å²) in [7, 11) is 0. The highest BCUT2D eigenvalue weighted by molar-refractivity contribution is 5.81. The predicted octanol–water partition coefficient (Wildman–Crippen LogP) is 4.06. The lowest BCUT2D eigenvalue weighted by molar-refractivity contribution is -0.148. The van der Waals surface area contributed by atoms with Crippen molar-refractivity contribution in [2.24, 2.45) is 5.41 Å². The van der Waals surface area contributed by atoms with Crippen LogP contribution in [0.2, 0.25) is 0 Å². The molecule has 0 saturated heterocycles. The summed E-state index contributed by atoms with van der Waals surface area (Å²) in [6.07, 6.45) is 1.36. The number of fused-ring (bicyclic) bond motifs is 3. The summed E-state index contributed by atoms with van der Waals surface area (Å²) in [5, 5.41) is 14.9. The zero-order valence-electron chi connectivity index (χ0n) is 19.0. The van der Waals surface area contributed by atoms with Gasteiger partial charge in [-0.2, -0.15) is 0 Å². The monoisotopic (exact) mass is 450 g/mol. The van der Waals surface area contributed by atoms with Gasteiger partial charge in [-0.15, -0.1) is 0 Å². The largest absolute Gasteiger partial charge is 0.481 e. The topological polar surface area (TPSA) is 105 Å². The van der Waals surface area contributed by atoms with Crippen molar-refractivity contribution in [1.82, 2.24) is 10.6 Å². The Morgan fingerprint density at radius 3 is 2.15 bits per heavy atom. The van der Waals surface area contributed by atoms with Gasteiger partial charge in [-0.1, -0.05) is 55.5 Å². The van der Waals surface area contributed by atoms with E-state index in [2.05, 4.69) is 34.9 Å². The summed E-state index contributed by atoms with van der Waals surface area (Å²) < 4.78 is 5.60. The first-order valence-electron chi connectivity index (χ1n) is 11.4. The first-order chi connectivity index (χ1) is 15.8. The summed E-state index contributed by atoms with van der Waals surface area (Å²) in [6, 6.07) is 16.3. The number of alkyl carbamates (subject to hydrolysis) is 1. The maximum absolute atomic E-state index is 12.6. The summed E-state index contributed by atoms with van der Waals surface area (Å²) in [6.45, 7) is 3.66. The van der Waals surface area contributed by atoms with E-state index in [9.17, 15) is 19.5 Å². The molecule has 2 aromatic rings. The van der Waals surface area contributed by atoms with Crippen molar-refractivity contribution < 1.29 is 24.2 Å². The van der Waals surface area contributed by atoms with Gasteiger partial charge in [-0.25, -0.2) is 4.79 Å². The van der Waals surface area contributed by atoms with Gasteiger partial charge in [0.25, 0.3) is 0 Å². The molecule has 33 heavy (non-hydrogen) atoms. The normalized spacial score (nSPS) is 17.3. The summed E-state index contributed by atoms with van der Waals surface area (Å²) in [5.41, 5.74) is 3.00. The van der Waals surface area contributed by atoms with E-state index >= 15 is 0 Å². The lowest BCUT2D eigenvalue weighted by Gasteiger charge is -2.24. The van der Waals surface area contributed by atoms with Crippen LogP contribution >= 0.6 is 0 Å². The van der Waals surface area contributed by atoms with Gasteiger partial charge in [0.2, 0.25) is 5.91 Å². The van der Waals surface area contributed by atoms with E-state index in [1.165, 1.54) is 0 Å². The fraction of sp³-hybridized carbons (Fsp3) is 0.423. The lowest BCUT2D eigenvalue weighted by Crippen LogP contribution is -2.45. The molecule has 0 aromatic heterocycles. The number of nitrogens with one attached hydrogen (secondary N) is 2. The van der Waals surface area contributed by atoms with Crippen molar-refractivity contribution >= 4 is 18.0 Å². The Balaban J connectivity index is 1.31. The molecule has 0 bridgehead atoms. The average molecular weight is 451 g/mol. The van der Waals surface area contributed by atoms with E-state index in [1.807, 2.05) is 24.3 Å². The maximum Gasteiger partial charge on any atom is 0.407 e. The van der Waals surface area contributed by atoms with Crippen molar-refractivity contribution in [3.8, 4) is 11.1 Å². The number of carboxylic acid groups (broad SMARTS) is 1. The minimum absolute atomic E-state index is 0.0238. The Hall–Kier alpha value is -3.35. The molecule has 2 aliphatic rings. The quantitative estimate of drug-likeness (QED) is 0.534. The van der Waals surface area contributed by atoms with Crippen molar-refractivity contribution in [2.75, 3.05) is 13.2 Å². The molecule has 1 fully saturated rings. The molecular formula is C26H30N2O5. The van der Waals surface area contributed by atoms with Gasteiger partial charge in [0.05, 0.1) is 11.0 Å². The third-order valence-electron chi connectivity index (χ3n) is 7.04. The van der Waals surface area contributed by atoms with Gasteiger partial charge < -0.3 is 20.5 Å². The number of ether oxygens (including phenoxy) is 1. The number of aliphatic carboxylic acids is 1. The molecule has 2 aliphatic carbocycles. The predicted molar refractivity (Wildman–Crippen MR) is 124 cm³/mol. The Kier molecular flexibility index (Phi) is 6.15. The van der Waals surface area contributed by atoms with Gasteiger partial charge in [-0.05, 0) is 48.4 Å². The van der Waals surface area contributed by atoms with Gasteiger partial charge in [0.1, 0.15) is 6.61 Å². The van der Waals surface area contributed by atoms with Gasteiger partial charge >= 0.3 is 12.1 Å². The van der Waals surface area contributed by atoms with Crippen LogP contribution in [0.3, 0.4) is 0 Å². The Labute approximate surface area is 193 Å². The fourth-order valence-electron chi connectivity index (χ4n) is 4.36. The van der Waals surface area contributed by atoms with Crippen LogP contribution in [0, 0.1) is 5.41 Å². The average Bonchev–Trinajstić information content (AvgIpc) is 3.48. The van der Waals surface area contributed by atoms with E-state index in [0.717, 1.165) is 22.3 Å². The molecule has 0 spiro atoms. The first-order valence-corrected chi connectivity index (χ1v) is 11.4. The van der Waals surface area contributed by atoms with E-state index in [1.54, 1.807) is 13.8 Å². The third-order valence-corrected chi connectivity index (χ3v) is 7.04. The van der Waals surface area contributed by atoms with Crippen molar-refractivity contribution in [3.05, 3.63) is 59.7 Å². The van der Waals surface area contributed by atoms with E-state index < -0.39 is 23.0 Å². The highest BCUT2D eigenvalue weighted by Crippen LogP contribution is 2.44. The molecule has 7 heteroatoms. The summed E-state index contributed by atoms with van der Waals surface area (Å²) >= 11 is 0. The zero-order chi connectivity index (χ0) is 23.6. The van der Waals surface area contributed by atoms with Crippen LogP contribution in [0.4, 0.5) is 4.79 Å². The van der Waals surface area contributed by atoms with Crippen LogP contribution in [0.1, 0.15) is 56.6 Å². The second-order valence-electron chi connectivity index (χ2n) is 9.40. The SMILES string of the molecule is CCC(C)(CNC(=O)CC1(NC(=O)OCC2c3ccccc3-c3ccccc32)CC1)C(=O)O. The van der Waals surface area contributed by atoms with Crippen LogP contribution in [-0.2, 0) is 14.3 Å². The Morgan fingerprint density at radius 1 is 1.06 bits per heavy atom. The smallest absolute Gasteiger partial charge is 0.407 e. The molecule has 174 valence electrons. The maximum atomic E-state index is 12.6. The first kappa shape index (κ1) is 22.8. The fourth-order valence-corrected chi connectivity index (χ4v) is 4.36. The molecule has 1 unspecified atom stereocenters. The molecule has 7 nitrogen and oxygen atoms in total. The number of amides is 2. The third kappa shape index (κ3) is 4.72. The number of carboxylic acids is 1. The standard InChI is InChI=1S/C26H30N2O5/c1-3-25(2,23(30)31)16-27-22(29)14-26(12-13-26)28-24(32)33-15-21-19-10-6-4-8-17(19)18-9-5-7-11-20(18)21/h4-11,21H,3,12-16H2,1-2H3,(H,27,29)(H,28,32)(H,30,31). The number of carbonyl (C=O) groups excluding carboxylic acids is 2. The van der Waals surface area contributed by atoms with Crippen LogP contribution in [0.15, 0.2) is 48.5 Å². The van der Waals surface area contributed by atoms with Gasteiger partial charge in [0, 0.05) is 18.9 Å². The van der Waals surface area contributed by atoms with Crippen LogP contribution in [0.25, 0.3) is 11.1 Å². The summed E-state index contributed by atoms with van der Waals surface area (Å²) in [4.78, 5) is 36.4. The number of hydrogen-bond donors (Lipinski definition) is 3. The number of hydrogen-bond acceptors (Lipinski definition) is 4. The molecule has 1 atom stereocenters. The van der Waals surface area contributed by atoms with E-state index in [0.29, 0.717) is 19.3 Å². The number of rotatable bonds is 9. The minimum atomic E-state index is -1.01. The minimum Gasteiger partial charge on any atom is -0.481 e. The number of benzene rings is 2. The highest BCUT2D eigenvalue weighted by Gasteiger charge is 2.46. The zero-order valence-corrected chi connectivity index (χ0v) is 19.0. The highest BCUT2D eigenvalue weighted by atomic mass is 16.5. The van der Waals surface area contributed by atoms with Crippen LogP contribution in [0.5, 0.6) is 0 Å². The van der Waals surface area contributed by atoms with Crippen molar-refractivity contribution in [3.63, 3.8) is 0 Å². The molecule has 0 heterocycles.